The highest BCUT2D eigenvalue weighted by Gasteiger charge is 2.08. The molecule has 4 nitrogen and oxygen atoms in total. The molecule has 2 rings (SSSR count). The predicted octanol–water partition coefficient (Wildman–Crippen LogP) is 3.19. The molecule has 0 aromatic heterocycles. The number of benzene rings is 2. The largest absolute Gasteiger partial charge is 0.497 e. The van der Waals surface area contributed by atoms with Crippen LogP contribution in [-0.2, 0) is 11.2 Å². The number of hydrogen-bond donors (Lipinski definition) is 1. The number of hydrogen-bond acceptors (Lipinski definition) is 3. The molecular formula is C20H26N2O2. The van der Waals surface area contributed by atoms with Crippen LogP contribution in [0, 0.1) is 6.92 Å². The van der Waals surface area contributed by atoms with Gasteiger partial charge in [0.15, 0.2) is 0 Å². The quantitative estimate of drug-likeness (QED) is 0.810. The Balaban J connectivity index is 1.84. The van der Waals surface area contributed by atoms with E-state index in [1.807, 2.05) is 36.4 Å². The van der Waals surface area contributed by atoms with Crippen LogP contribution in [0.2, 0.25) is 0 Å². The summed E-state index contributed by atoms with van der Waals surface area (Å²) in [6, 6.07) is 15.9. The Hall–Kier alpha value is -2.49. The Kier molecular flexibility index (Phi) is 6.67. The SMILES string of the molecule is CCN(CCNC(=O)Cc1cccc(OC)c1)c1ccccc1C. The molecule has 0 unspecified atom stereocenters. The number of aryl methyl sites for hydroxylation is 1. The van der Waals surface area contributed by atoms with Gasteiger partial charge in [0.1, 0.15) is 5.75 Å². The molecule has 128 valence electrons. The monoisotopic (exact) mass is 326 g/mol. The second-order valence-electron chi connectivity index (χ2n) is 5.74. The molecule has 0 radical (unpaired) electrons. The van der Waals surface area contributed by atoms with Gasteiger partial charge in [-0.1, -0.05) is 30.3 Å². The average molecular weight is 326 g/mol. The molecule has 0 aliphatic carbocycles. The topological polar surface area (TPSA) is 41.6 Å². The maximum atomic E-state index is 12.1. The number of nitrogens with zero attached hydrogens (tertiary/aromatic N) is 1. The summed E-state index contributed by atoms with van der Waals surface area (Å²) < 4.78 is 5.19. The minimum absolute atomic E-state index is 0.0316. The van der Waals surface area contributed by atoms with Gasteiger partial charge in [0.25, 0.3) is 0 Å². The van der Waals surface area contributed by atoms with Crippen LogP contribution in [0.15, 0.2) is 48.5 Å². The minimum Gasteiger partial charge on any atom is -0.497 e. The number of methoxy groups -OCH3 is 1. The van der Waals surface area contributed by atoms with Gasteiger partial charge in [0.05, 0.1) is 13.5 Å². The summed E-state index contributed by atoms with van der Waals surface area (Å²) in [5.41, 5.74) is 3.43. The van der Waals surface area contributed by atoms with Crippen LogP contribution >= 0.6 is 0 Å². The normalized spacial score (nSPS) is 10.3. The summed E-state index contributed by atoms with van der Waals surface area (Å²) >= 11 is 0. The molecule has 0 spiro atoms. The Morgan fingerprint density at radius 2 is 1.96 bits per heavy atom. The van der Waals surface area contributed by atoms with Gasteiger partial charge in [-0.2, -0.15) is 0 Å². The summed E-state index contributed by atoms with van der Waals surface area (Å²) in [6.07, 6.45) is 0.369. The lowest BCUT2D eigenvalue weighted by molar-refractivity contribution is -0.120. The molecular weight excluding hydrogens is 300 g/mol. The Bertz CT molecular complexity index is 670. The molecule has 0 bridgehead atoms. The smallest absolute Gasteiger partial charge is 0.224 e. The zero-order valence-electron chi connectivity index (χ0n) is 14.7. The highest BCUT2D eigenvalue weighted by molar-refractivity contribution is 5.78. The molecule has 1 N–H and O–H groups in total. The molecule has 4 heteroatoms. The van der Waals surface area contributed by atoms with Gasteiger partial charge in [-0.3, -0.25) is 4.79 Å². The number of likely N-dealkylation sites (N-methyl/N-ethyl adjacent to an activating group) is 1. The molecule has 0 atom stereocenters. The lowest BCUT2D eigenvalue weighted by Crippen LogP contribution is -2.35. The number of anilines is 1. The van der Waals surface area contributed by atoms with E-state index in [-0.39, 0.29) is 5.91 Å². The van der Waals surface area contributed by atoms with E-state index in [4.69, 9.17) is 4.74 Å². The molecule has 0 saturated carbocycles. The molecule has 0 heterocycles. The first-order chi connectivity index (χ1) is 11.6. The van der Waals surface area contributed by atoms with Crippen LogP contribution in [0.25, 0.3) is 0 Å². The summed E-state index contributed by atoms with van der Waals surface area (Å²) in [5, 5.41) is 3.00. The van der Waals surface area contributed by atoms with Crippen LogP contribution in [-0.4, -0.2) is 32.7 Å². The zero-order valence-corrected chi connectivity index (χ0v) is 14.7. The fourth-order valence-corrected chi connectivity index (χ4v) is 2.73. The third-order valence-electron chi connectivity index (χ3n) is 4.04. The van der Waals surface area contributed by atoms with Crippen molar-refractivity contribution in [3.8, 4) is 5.75 Å². The van der Waals surface area contributed by atoms with E-state index < -0.39 is 0 Å². The molecule has 24 heavy (non-hydrogen) atoms. The molecule has 0 aliphatic heterocycles. The first-order valence-electron chi connectivity index (χ1n) is 8.34. The van der Waals surface area contributed by atoms with Crippen molar-refractivity contribution >= 4 is 11.6 Å². The van der Waals surface area contributed by atoms with Gasteiger partial charge in [-0.05, 0) is 43.2 Å². The van der Waals surface area contributed by atoms with Gasteiger partial charge in [-0.25, -0.2) is 0 Å². The summed E-state index contributed by atoms with van der Waals surface area (Å²) in [6.45, 7) is 6.58. The van der Waals surface area contributed by atoms with Gasteiger partial charge in [0, 0.05) is 25.3 Å². The van der Waals surface area contributed by atoms with Gasteiger partial charge < -0.3 is 15.0 Å². The average Bonchev–Trinajstić information content (AvgIpc) is 2.60. The van der Waals surface area contributed by atoms with E-state index in [0.717, 1.165) is 24.4 Å². The Morgan fingerprint density at radius 1 is 1.17 bits per heavy atom. The second kappa shape index (κ2) is 8.96. The fourth-order valence-electron chi connectivity index (χ4n) is 2.73. The number of ether oxygens (including phenoxy) is 1. The third-order valence-corrected chi connectivity index (χ3v) is 4.04. The number of rotatable bonds is 8. The first kappa shape index (κ1) is 17.9. The molecule has 1 amide bonds. The van der Waals surface area contributed by atoms with Crippen molar-refractivity contribution in [1.82, 2.24) is 5.32 Å². The Labute approximate surface area is 144 Å². The van der Waals surface area contributed by atoms with E-state index in [1.54, 1.807) is 7.11 Å². The molecule has 2 aromatic rings. The molecule has 2 aromatic carbocycles. The third kappa shape index (κ3) is 5.01. The van der Waals surface area contributed by atoms with Gasteiger partial charge in [-0.15, -0.1) is 0 Å². The fraction of sp³-hybridized carbons (Fsp3) is 0.350. The van der Waals surface area contributed by atoms with Crippen LogP contribution in [0.3, 0.4) is 0 Å². The Morgan fingerprint density at radius 3 is 2.67 bits per heavy atom. The van der Waals surface area contributed by atoms with E-state index in [2.05, 4.69) is 36.2 Å². The summed E-state index contributed by atoms with van der Waals surface area (Å²) in [4.78, 5) is 14.4. The van der Waals surface area contributed by atoms with Gasteiger partial charge in [0.2, 0.25) is 5.91 Å². The predicted molar refractivity (Wildman–Crippen MR) is 98.8 cm³/mol. The summed E-state index contributed by atoms with van der Waals surface area (Å²) in [5.74, 6) is 0.807. The van der Waals surface area contributed by atoms with E-state index in [0.29, 0.717) is 13.0 Å². The van der Waals surface area contributed by atoms with Crippen molar-refractivity contribution in [2.75, 3.05) is 31.6 Å². The van der Waals surface area contributed by atoms with Crippen molar-refractivity contribution < 1.29 is 9.53 Å². The van der Waals surface area contributed by atoms with Crippen molar-refractivity contribution in [2.24, 2.45) is 0 Å². The number of amides is 1. The van der Waals surface area contributed by atoms with Crippen molar-refractivity contribution in [1.29, 1.82) is 0 Å². The zero-order chi connectivity index (χ0) is 17.4. The van der Waals surface area contributed by atoms with Crippen LogP contribution in [0.4, 0.5) is 5.69 Å². The van der Waals surface area contributed by atoms with Crippen molar-refractivity contribution in [3.63, 3.8) is 0 Å². The highest BCUT2D eigenvalue weighted by Crippen LogP contribution is 2.18. The lowest BCUT2D eigenvalue weighted by atomic mass is 10.1. The number of para-hydroxylation sites is 1. The molecule has 0 fully saturated rings. The number of carbonyl (C=O) groups excluding carboxylic acids is 1. The summed E-state index contributed by atoms with van der Waals surface area (Å²) in [7, 11) is 1.63. The van der Waals surface area contributed by atoms with Crippen molar-refractivity contribution in [3.05, 3.63) is 59.7 Å². The van der Waals surface area contributed by atoms with E-state index >= 15 is 0 Å². The van der Waals surface area contributed by atoms with Crippen LogP contribution in [0.5, 0.6) is 5.75 Å². The van der Waals surface area contributed by atoms with Gasteiger partial charge >= 0.3 is 0 Å². The maximum absolute atomic E-state index is 12.1. The second-order valence-corrected chi connectivity index (χ2v) is 5.74. The molecule has 0 saturated heterocycles. The number of nitrogens with one attached hydrogen (secondary N) is 1. The van der Waals surface area contributed by atoms with Crippen LogP contribution in [0.1, 0.15) is 18.1 Å². The lowest BCUT2D eigenvalue weighted by Gasteiger charge is -2.25. The first-order valence-corrected chi connectivity index (χ1v) is 8.34. The maximum Gasteiger partial charge on any atom is 0.224 e. The number of carbonyl (C=O) groups is 1. The minimum atomic E-state index is 0.0316. The van der Waals surface area contributed by atoms with E-state index in [9.17, 15) is 4.79 Å². The van der Waals surface area contributed by atoms with Crippen LogP contribution < -0.4 is 15.0 Å². The van der Waals surface area contributed by atoms with E-state index in [1.165, 1.54) is 11.3 Å². The molecule has 0 aliphatic rings. The highest BCUT2D eigenvalue weighted by atomic mass is 16.5. The van der Waals surface area contributed by atoms with Crippen molar-refractivity contribution in [2.45, 2.75) is 20.3 Å². The standard InChI is InChI=1S/C20H26N2O2/c1-4-22(19-11-6-5-8-16(19)2)13-12-21-20(23)15-17-9-7-10-18(14-17)24-3/h5-11,14H,4,12-13,15H2,1-3H3,(H,21,23).